The largest absolute Gasteiger partial charge is 0.494 e. The average Bonchev–Trinajstić information content (AvgIpc) is 3.06. The number of hydrogen-bond donors (Lipinski definition) is 1. The van der Waals surface area contributed by atoms with E-state index in [2.05, 4.69) is 31.0 Å². The molecule has 1 amide bonds. The summed E-state index contributed by atoms with van der Waals surface area (Å²) in [6.07, 6.45) is 2.61. The predicted molar refractivity (Wildman–Crippen MR) is 138 cm³/mol. The first-order chi connectivity index (χ1) is 16.1. The first-order valence-electron chi connectivity index (χ1n) is 10.6. The zero-order valence-corrected chi connectivity index (χ0v) is 21.9. The van der Waals surface area contributed by atoms with Gasteiger partial charge < -0.3 is 9.30 Å². The van der Waals surface area contributed by atoms with Crippen LogP contribution in [-0.4, -0.2) is 44.5 Å². The summed E-state index contributed by atoms with van der Waals surface area (Å²) in [6, 6.07) is 16.4. The summed E-state index contributed by atoms with van der Waals surface area (Å²) in [4.78, 5) is 12.5. The van der Waals surface area contributed by atoms with E-state index in [0.29, 0.717) is 18.0 Å². The van der Waals surface area contributed by atoms with Crippen LogP contribution in [0.4, 0.5) is 5.69 Å². The molecule has 0 saturated carbocycles. The monoisotopic (exact) mass is 546 g/mol. The molecule has 0 aliphatic carbocycles. The lowest BCUT2D eigenvalue weighted by molar-refractivity contribution is -0.119. The van der Waals surface area contributed by atoms with Crippen LogP contribution in [0.2, 0.25) is 0 Å². The molecule has 0 unspecified atom stereocenters. The highest BCUT2D eigenvalue weighted by molar-refractivity contribution is 9.10. The zero-order chi connectivity index (χ0) is 24.9. The third-order valence-corrected chi connectivity index (χ3v) is 6.74. The number of nitrogens with zero attached hydrogens (tertiary/aromatic N) is 3. The number of sulfonamides is 1. The number of halogens is 1. The second-order valence-electron chi connectivity index (χ2n) is 7.63. The van der Waals surface area contributed by atoms with Crippen molar-refractivity contribution in [2.45, 2.75) is 20.8 Å². The molecule has 0 fully saturated rings. The summed E-state index contributed by atoms with van der Waals surface area (Å²) < 4.78 is 34.1. The molecular formula is C24H27BrN4O4S. The van der Waals surface area contributed by atoms with E-state index in [0.717, 1.165) is 37.7 Å². The van der Waals surface area contributed by atoms with Crippen molar-refractivity contribution >= 4 is 43.8 Å². The van der Waals surface area contributed by atoms with Crippen molar-refractivity contribution in [2.24, 2.45) is 5.10 Å². The highest BCUT2D eigenvalue weighted by Gasteiger charge is 2.21. The Morgan fingerprint density at radius 3 is 2.38 bits per heavy atom. The van der Waals surface area contributed by atoms with Crippen molar-refractivity contribution in [3.63, 3.8) is 0 Å². The maximum Gasteiger partial charge on any atom is 0.260 e. The van der Waals surface area contributed by atoms with Gasteiger partial charge in [0, 0.05) is 27.1 Å². The first kappa shape index (κ1) is 25.5. The van der Waals surface area contributed by atoms with Crippen molar-refractivity contribution in [1.29, 1.82) is 0 Å². The summed E-state index contributed by atoms with van der Waals surface area (Å²) in [7, 11) is -3.68. The van der Waals surface area contributed by atoms with Gasteiger partial charge in [-0.05, 0) is 75.4 Å². The highest BCUT2D eigenvalue weighted by Crippen LogP contribution is 2.22. The van der Waals surface area contributed by atoms with E-state index in [-0.39, 0.29) is 0 Å². The molecule has 0 saturated heterocycles. The molecule has 0 radical (unpaired) electrons. The third kappa shape index (κ3) is 6.27. The minimum absolute atomic E-state index is 0.364. The van der Waals surface area contributed by atoms with Crippen LogP contribution in [0.25, 0.3) is 5.69 Å². The summed E-state index contributed by atoms with van der Waals surface area (Å²) in [5.41, 5.74) is 6.62. The molecule has 0 atom stereocenters. The van der Waals surface area contributed by atoms with Crippen LogP contribution in [0, 0.1) is 13.8 Å². The zero-order valence-electron chi connectivity index (χ0n) is 19.4. The topological polar surface area (TPSA) is 93.0 Å². The fourth-order valence-electron chi connectivity index (χ4n) is 3.52. The van der Waals surface area contributed by atoms with Gasteiger partial charge in [-0.15, -0.1) is 0 Å². The van der Waals surface area contributed by atoms with Crippen LogP contribution in [0.3, 0.4) is 0 Å². The van der Waals surface area contributed by atoms with Gasteiger partial charge in [-0.3, -0.25) is 9.10 Å². The SMILES string of the molecule is CCOc1ccc(N(CC(=O)N/N=C\c2cc(C)n(-c3ccc(Br)cc3)c2C)S(C)(=O)=O)cc1. The number of hydrogen-bond acceptors (Lipinski definition) is 5. The number of aromatic nitrogens is 1. The number of benzene rings is 2. The van der Waals surface area contributed by atoms with E-state index in [9.17, 15) is 13.2 Å². The molecular weight excluding hydrogens is 520 g/mol. The van der Waals surface area contributed by atoms with Crippen LogP contribution < -0.4 is 14.5 Å². The highest BCUT2D eigenvalue weighted by atomic mass is 79.9. The minimum Gasteiger partial charge on any atom is -0.494 e. The lowest BCUT2D eigenvalue weighted by atomic mass is 10.2. The van der Waals surface area contributed by atoms with Crippen molar-refractivity contribution in [3.05, 3.63) is 76.0 Å². The van der Waals surface area contributed by atoms with E-state index in [1.165, 1.54) is 0 Å². The van der Waals surface area contributed by atoms with Crippen molar-refractivity contribution < 1.29 is 17.9 Å². The molecule has 1 heterocycles. The normalized spacial score (nSPS) is 11.6. The van der Waals surface area contributed by atoms with Gasteiger partial charge in [-0.2, -0.15) is 5.10 Å². The smallest absolute Gasteiger partial charge is 0.260 e. The van der Waals surface area contributed by atoms with E-state index >= 15 is 0 Å². The minimum atomic E-state index is -3.68. The van der Waals surface area contributed by atoms with E-state index < -0.39 is 22.5 Å². The van der Waals surface area contributed by atoms with Crippen LogP contribution in [0.5, 0.6) is 5.75 Å². The predicted octanol–water partition coefficient (Wildman–Crippen LogP) is 4.17. The van der Waals surface area contributed by atoms with Gasteiger partial charge in [0.1, 0.15) is 12.3 Å². The fraction of sp³-hybridized carbons (Fsp3) is 0.250. The number of nitrogens with one attached hydrogen (secondary N) is 1. The van der Waals surface area contributed by atoms with Crippen LogP contribution in [0.15, 0.2) is 64.2 Å². The van der Waals surface area contributed by atoms with E-state index in [1.807, 2.05) is 51.1 Å². The summed E-state index contributed by atoms with van der Waals surface area (Å²) in [6.45, 7) is 5.92. The molecule has 0 aliphatic rings. The maximum atomic E-state index is 12.5. The fourth-order valence-corrected chi connectivity index (χ4v) is 4.64. The summed E-state index contributed by atoms with van der Waals surface area (Å²) in [5.74, 6) is 0.0618. The maximum absolute atomic E-state index is 12.5. The van der Waals surface area contributed by atoms with Gasteiger partial charge in [0.05, 0.1) is 24.8 Å². The van der Waals surface area contributed by atoms with Crippen LogP contribution in [-0.2, 0) is 14.8 Å². The number of amides is 1. The molecule has 0 spiro atoms. The van der Waals surface area contributed by atoms with Crippen molar-refractivity contribution in [3.8, 4) is 11.4 Å². The second-order valence-corrected chi connectivity index (χ2v) is 10.5. The molecule has 180 valence electrons. The molecule has 1 N–H and O–H groups in total. The van der Waals surface area contributed by atoms with Gasteiger partial charge in [-0.1, -0.05) is 15.9 Å². The Morgan fingerprint density at radius 1 is 1.15 bits per heavy atom. The Labute approximate surface area is 208 Å². The quantitative estimate of drug-likeness (QED) is 0.322. The van der Waals surface area contributed by atoms with Gasteiger partial charge in [-0.25, -0.2) is 13.8 Å². The summed E-state index contributed by atoms with van der Waals surface area (Å²) >= 11 is 3.44. The van der Waals surface area contributed by atoms with Crippen LogP contribution in [0.1, 0.15) is 23.9 Å². The Morgan fingerprint density at radius 2 is 1.79 bits per heavy atom. The molecule has 10 heteroatoms. The Kier molecular flexibility index (Phi) is 8.16. The van der Waals surface area contributed by atoms with Crippen LogP contribution >= 0.6 is 15.9 Å². The molecule has 3 rings (SSSR count). The number of ether oxygens (including phenoxy) is 1. The molecule has 8 nitrogen and oxygen atoms in total. The second kappa shape index (κ2) is 10.9. The molecule has 34 heavy (non-hydrogen) atoms. The molecule has 1 aromatic heterocycles. The number of carbonyl (C=O) groups is 1. The number of hydrazone groups is 1. The molecule has 3 aromatic rings. The number of aryl methyl sites for hydroxylation is 1. The molecule has 0 bridgehead atoms. The van der Waals surface area contributed by atoms with Gasteiger partial charge in [0.2, 0.25) is 10.0 Å². The van der Waals surface area contributed by atoms with Crippen molar-refractivity contribution in [2.75, 3.05) is 23.7 Å². The standard InChI is InChI=1S/C24H27BrN4O4S/c1-5-33-23-12-10-21(11-13-23)28(34(4,31)32)16-24(30)27-26-15-19-14-17(2)29(18(19)3)22-8-6-20(25)7-9-22/h6-15H,5,16H2,1-4H3,(H,27,30)/b26-15-. The Balaban J connectivity index is 1.71. The summed E-state index contributed by atoms with van der Waals surface area (Å²) in [5, 5.41) is 4.04. The molecule has 0 aliphatic heterocycles. The van der Waals surface area contributed by atoms with Crippen molar-refractivity contribution in [1.82, 2.24) is 9.99 Å². The third-order valence-electron chi connectivity index (χ3n) is 5.07. The molecule has 2 aromatic carbocycles. The van der Waals surface area contributed by atoms with Gasteiger partial charge in [0.15, 0.2) is 0 Å². The number of carbonyl (C=O) groups excluding carboxylic acids is 1. The average molecular weight is 547 g/mol. The first-order valence-corrected chi connectivity index (χ1v) is 13.2. The number of rotatable bonds is 9. The van der Waals surface area contributed by atoms with E-state index in [1.54, 1.807) is 30.5 Å². The lowest BCUT2D eigenvalue weighted by Gasteiger charge is -2.21. The Bertz CT molecular complexity index is 1280. The lowest BCUT2D eigenvalue weighted by Crippen LogP contribution is -2.39. The van der Waals surface area contributed by atoms with E-state index in [4.69, 9.17) is 4.74 Å². The Hall–Kier alpha value is -3.11. The van der Waals surface area contributed by atoms with Gasteiger partial charge >= 0.3 is 0 Å². The van der Waals surface area contributed by atoms with Gasteiger partial charge in [0.25, 0.3) is 5.91 Å². The number of anilines is 1.